The predicted octanol–water partition coefficient (Wildman–Crippen LogP) is 4.48. The van der Waals surface area contributed by atoms with Crippen LogP contribution in [-0.4, -0.2) is 33.0 Å². The van der Waals surface area contributed by atoms with E-state index in [1.807, 2.05) is 74.2 Å². The number of sulfonamides is 1. The third-order valence-corrected chi connectivity index (χ3v) is 7.96. The van der Waals surface area contributed by atoms with Gasteiger partial charge in [-0.2, -0.15) is 4.31 Å². The summed E-state index contributed by atoms with van der Waals surface area (Å²) in [5, 5.41) is 0. The number of hydrogen-bond donors (Lipinski definition) is 1. The van der Waals surface area contributed by atoms with Crippen LogP contribution in [0.3, 0.4) is 0 Å². The van der Waals surface area contributed by atoms with Crippen LogP contribution in [0.4, 0.5) is 0 Å². The average Bonchev–Trinajstić information content (AvgIpc) is 2.82. The van der Waals surface area contributed by atoms with Gasteiger partial charge in [0.2, 0.25) is 18.3 Å². The number of hydroxylamine groups is 1. The Morgan fingerprint density at radius 2 is 1.47 bits per heavy atom. The van der Waals surface area contributed by atoms with Crippen molar-refractivity contribution in [3.63, 3.8) is 0 Å². The van der Waals surface area contributed by atoms with Crippen molar-refractivity contribution in [2.75, 3.05) is 0 Å². The number of amides is 1. The second-order valence-electron chi connectivity index (χ2n) is 9.11. The molecule has 0 bridgehead atoms. The van der Waals surface area contributed by atoms with Gasteiger partial charge in [-0.25, -0.2) is 13.9 Å². The van der Waals surface area contributed by atoms with Gasteiger partial charge < -0.3 is 9.26 Å². The van der Waals surface area contributed by atoms with Gasteiger partial charge in [0, 0.05) is 6.54 Å². The summed E-state index contributed by atoms with van der Waals surface area (Å²) in [6.07, 6.45) is 0.269. The van der Waals surface area contributed by atoms with E-state index in [4.69, 9.17) is 9.26 Å². The van der Waals surface area contributed by atoms with Crippen molar-refractivity contribution in [1.29, 1.82) is 0 Å². The summed E-state index contributed by atoms with van der Waals surface area (Å²) in [5.74, 6) is 0.710. The Kier molecular flexibility index (Phi) is 6.90. The smallest absolute Gasteiger partial charge is 0.261 e. The quantitative estimate of drug-likeness (QED) is 0.385. The number of para-hydroxylation sites is 1. The molecule has 1 amide bonds. The second-order valence-corrected chi connectivity index (χ2v) is 15.4. The summed E-state index contributed by atoms with van der Waals surface area (Å²) in [6.45, 7) is 5.93. The van der Waals surface area contributed by atoms with Crippen LogP contribution in [0.2, 0.25) is 19.6 Å². The van der Waals surface area contributed by atoms with Crippen molar-refractivity contribution in [2.24, 2.45) is 0 Å². The Bertz CT molecular complexity index is 1260. The SMILES string of the molecule is C[Si](C)(C)ONC(=O)[C@H]1Cc2ccccc2CN1S(=O)(=O)c1ccc(Oc2ccccc2)cc1. The highest BCUT2D eigenvalue weighted by Gasteiger charge is 2.40. The largest absolute Gasteiger partial charge is 0.457 e. The number of nitrogens with zero attached hydrogens (tertiary/aromatic N) is 1. The van der Waals surface area contributed by atoms with Gasteiger partial charge in [-0.05, 0) is 73.6 Å². The molecule has 7 nitrogen and oxygen atoms in total. The number of carbonyl (C=O) groups excluding carboxylic acids is 1. The van der Waals surface area contributed by atoms with Gasteiger partial charge in [0.1, 0.15) is 17.5 Å². The first-order chi connectivity index (χ1) is 16.1. The Hall–Kier alpha value is -2.98. The second kappa shape index (κ2) is 9.71. The fourth-order valence-electron chi connectivity index (χ4n) is 3.69. The molecule has 0 radical (unpaired) electrons. The summed E-state index contributed by atoms with van der Waals surface area (Å²) in [6, 6.07) is 22.1. The molecule has 4 rings (SSSR count). The lowest BCUT2D eigenvalue weighted by molar-refractivity contribution is -0.132. The highest BCUT2D eigenvalue weighted by molar-refractivity contribution is 7.89. The zero-order valence-electron chi connectivity index (χ0n) is 19.4. The summed E-state index contributed by atoms with van der Waals surface area (Å²) >= 11 is 0. The summed E-state index contributed by atoms with van der Waals surface area (Å²) in [5.41, 5.74) is 4.34. The molecule has 1 aliphatic heterocycles. The maximum atomic E-state index is 13.7. The zero-order valence-corrected chi connectivity index (χ0v) is 21.2. The predicted molar refractivity (Wildman–Crippen MR) is 132 cm³/mol. The molecule has 0 unspecified atom stereocenters. The van der Waals surface area contributed by atoms with Gasteiger partial charge in [0.15, 0.2) is 0 Å². The van der Waals surface area contributed by atoms with Crippen LogP contribution >= 0.6 is 0 Å². The first-order valence-corrected chi connectivity index (χ1v) is 15.9. The minimum atomic E-state index is -3.97. The van der Waals surface area contributed by atoms with Crippen molar-refractivity contribution >= 4 is 24.2 Å². The number of nitrogens with one attached hydrogen (secondary N) is 1. The number of carbonyl (C=O) groups is 1. The molecule has 34 heavy (non-hydrogen) atoms. The lowest BCUT2D eigenvalue weighted by atomic mass is 9.95. The van der Waals surface area contributed by atoms with Crippen molar-refractivity contribution in [3.8, 4) is 11.5 Å². The minimum absolute atomic E-state index is 0.0937. The molecule has 0 spiro atoms. The van der Waals surface area contributed by atoms with Crippen molar-refractivity contribution in [2.45, 2.75) is 43.5 Å². The molecule has 1 aliphatic rings. The monoisotopic (exact) mass is 496 g/mol. The molecule has 1 heterocycles. The van der Waals surface area contributed by atoms with E-state index in [0.29, 0.717) is 11.5 Å². The van der Waals surface area contributed by atoms with Crippen LogP contribution in [-0.2, 0) is 32.3 Å². The van der Waals surface area contributed by atoms with Crippen LogP contribution in [0, 0.1) is 0 Å². The van der Waals surface area contributed by atoms with Crippen LogP contribution < -0.4 is 10.2 Å². The lowest BCUT2D eigenvalue weighted by Gasteiger charge is -2.35. The van der Waals surface area contributed by atoms with Gasteiger partial charge in [0.25, 0.3) is 5.91 Å². The first-order valence-electron chi connectivity index (χ1n) is 11.0. The van der Waals surface area contributed by atoms with E-state index >= 15 is 0 Å². The molecule has 0 saturated heterocycles. The fraction of sp³-hybridized carbons (Fsp3) is 0.240. The number of benzene rings is 3. The van der Waals surface area contributed by atoms with E-state index in [9.17, 15) is 13.2 Å². The van der Waals surface area contributed by atoms with E-state index in [1.54, 1.807) is 12.1 Å². The molecule has 0 fully saturated rings. The lowest BCUT2D eigenvalue weighted by Crippen LogP contribution is -2.53. The molecular weight excluding hydrogens is 468 g/mol. The maximum Gasteiger partial charge on any atom is 0.261 e. The topological polar surface area (TPSA) is 84.9 Å². The highest BCUT2D eigenvalue weighted by atomic mass is 32.2. The molecule has 9 heteroatoms. The van der Waals surface area contributed by atoms with Crippen LogP contribution in [0.5, 0.6) is 11.5 Å². The Morgan fingerprint density at radius 1 is 0.882 bits per heavy atom. The summed E-state index contributed by atoms with van der Waals surface area (Å²) in [4.78, 5) is 13.2. The molecule has 0 aromatic heterocycles. The van der Waals surface area contributed by atoms with Crippen molar-refractivity contribution < 1.29 is 22.5 Å². The number of ether oxygens (including phenoxy) is 1. The molecule has 178 valence electrons. The average molecular weight is 497 g/mol. The third-order valence-electron chi connectivity index (χ3n) is 5.38. The third kappa shape index (κ3) is 5.56. The van der Waals surface area contributed by atoms with Crippen LogP contribution in [0.15, 0.2) is 83.8 Å². The van der Waals surface area contributed by atoms with E-state index < -0.39 is 30.3 Å². The normalized spacial score (nSPS) is 16.5. The molecule has 3 aromatic carbocycles. The summed E-state index contributed by atoms with van der Waals surface area (Å²) in [7, 11) is -6.01. The molecule has 0 saturated carbocycles. The van der Waals surface area contributed by atoms with Crippen LogP contribution in [0.25, 0.3) is 0 Å². The number of rotatable bonds is 7. The van der Waals surface area contributed by atoms with E-state index in [2.05, 4.69) is 5.48 Å². The zero-order chi connectivity index (χ0) is 24.3. The van der Waals surface area contributed by atoms with Gasteiger partial charge >= 0.3 is 0 Å². The Morgan fingerprint density at radius 3 is 2.12 bits per heavy atom. The summed E-state index contributed by atoms with van der Waals surface area (Å²) < 4.78 is 39.9. The molecule has 1 N–H and O–H groups in total. The number of fused-ring (bicyclic) bond motifs is 1. The van der Waals surface area contributed by atoms with Crippen molar-refractivity contribution in [1.82, 2.24) is 9.79 Å². The van der Waals surface area contributed by atoms with E-state index in [-0.39, 0.29) is 17.9 Å². The standard InChI is InChI=1S/C25H28N2O5SSi/c1-34(2,3)32-26-25(28)24-17-19-9-7-8-10-20(19)18-27(24)33(29,30)23-15-13-22(14-16-23)31-21-11-5-4-6-12-21/h4-16,24H,17-18H2,1-3H3,(H,26,28)/t24-/m1/s1. The molecular formula is C25H28N2O5SSi. The van der Waals surface area contributed by atoms with Gasteiger partial charge in [-0.1, -0.05) is 42.5 Å². The van der Waals surface area contributed by atoms with E-state index in [0.717, 1.165) is 11.1 Å². The van der Waals surface area contributed by atoms with Crippen molar-refractivity contribution in [3.05, 3.63) is 90.0 Å². The molecule has 1 atom stereocenters. The maximum absolute atomic E-state index is 13.7. The van der Waals surface area contributed by atoms with Crippen LogP contribution in [0.1, 0.15) is 11.1 Å². The Balaban J connectivity index is 1.61. The fourth-order valence-corrected chi connectivity index (χ4v) is 5.66. The molecule has 0 aliphatic carbocycles. The Labute approximate surface area is 201 Å². The van der Waals surface area contributed by atoms with E-state index in [1.165, 1.54) is 16.4 Å². The number of hydrogen-bond acceptors (Lipinski definition) is 5. The molecule has 3 aromatic rings. The first kappa shape index (κ1) is 24.2. The highest BCUT2D eigenvalue weighted by Crippen LogP contribution is 2.30. The van der Waals surface area contributed by atoms with Gasteiger partial charge in [-0.3, -0.25) is 4.79 Å². The van der Waals surface area contributed by atoms with Gasteiger partial charge in [-0.15, -0.1) is 0 Å². The van der Waals surface area contributed by atoms with Gasteiger partial charge in [0.05, 0.1) is 4.90 Å². The minimum Gasteiger partial charge on any atom is -0.457 e.